The minimum Gasteiger partial charge on any atom is -0.481 e. The third-order valence-electron chi connectivity index (χ3n) is 6.39. The fourth-order valence-electron chi connectivity index (χ4n) is 4.76. The van der Waals surface area contributed by atoms with Crippen LogP contribution in [0.2, 0.25) is 0 Å². The molecule has 3 unspecified atom stereocenters. The number of aliphatic carboxylic acids is 1. The molecule has 0 aliphatic heterocycles. The summed E-state index contributed by atoms with van der Waals surface area (Å²) in [5.41, 5.74) is 4.53. The van der Waals surface area contributed by atoms with Crippen LogP contribution in [-0.2, 0) is 14.3 Å². The van der Waals surface area contributed by atoms with Crippen molar-refractivity contribution in [1.82, 2.24) is 10.6 Å². The van der Waals surface area contributed by atoms with E-state index in [0.29, 0.717) is 12.8 Å². The van der Waals surface area contributed by atoms with Gasteiger partial charge < -0.3 is 20.5 Å². The predicted molar refractivity (Wildman–Crippen MR) is 128 cm³/mol. The quantitative estimate of drug-likeness (QED) is 0.513. The van der Waals surface area contributed by atoms with E-state index in [1.165, 1.54) is 0 Å². The minimum absolute atomic E-state index is 0.0629. The van der Waals surface area contributed by atoms with Gasteiger partial charge in [-0.3, -0.25) is 9.59 Å². The Balaban J connectivity index is 1.38. The molecule has 0 bridgehead atoms. The number of nitrogens with one attached hydrogen (secondary N) is 2. The van der Waals surface area contributed by atoms with E-state index in [1.54, 1.807) is 12.2 Å². The molecule has 178 valence electrons. The summed E-state index contributed by atoms with van der Waals surface area (Å²) in [6.07, 6.45) is 3.38. The van der Waals surface area contributed by atoms with E-state index in [9.17, 15) is 14.4 Å². The first-order valence-electron chi connectivity index (χ1n) is 11.7. The molecular formula is C27H30N2O5. The Morgan fingerprint density at radius 3 is 2.18 bits per heavy atom. The molecule has 34 heavy (non-hydrogen) atoms. The summed E-state index contributed by atoms with van der Waals surface area (Å²) in [6, 6.07) is 15.1. The first kappa shape index (κ1) is 23.5. The predicted octanol–water partition coefficient (Wildman–Crippen LogP) is 4.09. The Labute approximate surface area is 199 Å². The molecule has 0 heterocycles. The van der Waals surface area contributed by atoms with Crippen LogP contribution in [-0.4, -0.2) is 41.8 Å². The van der Waals surface area contributed by atoms with Crippen molar-refractivity contribution in [3.8, 4) is 11.1 Å². The highest BCUT2D eigenvalue weighted by molar-refractivity contribution is 5.86. The van der Waals surface area contributed by atoms with Crippen molar-refractivity contribution in [3.05, 3.63) is 71.8 Å². The lowest BCUT2D eigenvalue weighted by molar-refractivity contribution is -0.140. The van der Waals surface area contributed by atoms with Crippen LogP contribution in [0.4, 0.5) is 4.79 Å². The molecule has 4 rings (SSSR count). The van der Waals surface area contributed by atoms with Crippen LogP contribution in [0.1, 0.15) is 43.7 Å². The molecule has 0 aromatic heterocycles. The average Bonchev–Trinajstić information content (AvgIpc) is 3.40. The smallest absolute Gasteiger partial charge is 0.407 e. The lowest BCUT2D eigenvalue weighted by Crippen LogP contribution is -2.50. The van der Waals surface area contributed by atoms with Gasteiger partial charge in [0.25, 0.3) is 0 Å². The number of benzene rings is 2. The van der Waals surface area contributed by atoms with Crippen LogP contribution < -0.4 is 10.6 Å². The van der Waals surface area contributed by atoms with Crippen LogP contribution in [0.3, 0.4) is 0 Å². The molecule has 7 nitrogen and oxygen atoms in total. The van der Waals surface area contributed by atoms with E-state index in [-0.39, 0.29) is 30.4 Å². The molecule has 0 saturated heterocycles. The molecule has 2 aromatic rings. The van der Waals surface area contributed by atoms with Gasteiger partial charge >= 0.3 is 12.1 Å². The fourth-order valence-corrected chi connectivity index (χ4v) is 4.76. The highest BCUT2D eigenvalue weighted by atomic mass is 16.5. The van der Waals surface area contributed by atoms with Crippen molar-refractivity contribution >= 4 is 18.0 Å². The van der Waals surface area contributed by atoms with Gasteiger partial charge in [-0.1, -0.05) is 74.5 Å². The van der Waals surface area contributed by atoms with Crippen LogP contribution >= 0.6 is 0 Å². The van der Waals surface area contributed by atoms with Gasteiger partial charge in [-0.05, 0) is 41.0 Å². The number of carbonyl (C=O) groups is 3. The Hall–Kier alpha value is -3.61. The van der Waals surface area contributed by atoms with Gasteiger partial charge in [-0.15, -0.1) is 0 Å². The van der Waals surface area contributed by atoms with Crippen LogP contribution in [0.15, 0.2) is 60.7 Å². The molecule has 7 heteroatoms. The first-order valence-corrected chi connectivity index (χ1v) is 11.7. The number of ether oxygens (including phenoxy) is 1. The van der Waals surface area contributed by atoms with Gasteiger partial charge in [-0.2, -0.15) is 0 Å². The Morgan fingerprint density at radius 1 is 1.00 bits per heavy atom. The maximum atomic E-state index is 12.9. The van der Waals surface area contributed by atoms with Crippen LogP contribution in [0.25, 0.3) is 11.1 Å². The average molecular weight is 463 g/mol. The Morgan fingerprint density at radius 2 is 1.62 bits per heavy atom. The van der Waals surface area contributed by atoms with E-state index in [1.807, 2.05) is 38.1 Å². The van der Waals surface area contributed by atoms with Crippen LogP contribution in [0.5, 0.6) is 0 Å². The van der Waals surface area contributed by atoms with Crippen molar-refractivity contribution in [2.24, 2.45) is 11.8 Å². The largest absolute Gasteiger partial charge is 0.481 e. The SMILES string of the molecule is CC(C)CC(NC(=O)OCC1c2ccccc2-c2ccccc21)C(=O)NC1C=CC(C(=O)O)C1. The van der Waals surface area contributed by atoms with Crippen molar-refractivity contribution in [2.75, 3.05) is 6.61 Å². The molecule has 2 amide bonds. The lowest BCUT2D eigenvalue weighted by atomic mass is 9.98. The standard InChI is InChI=1S/C27H30N2O5/c1-16(2)13-24(25(30)28-18-12-11-17(14-18)26(31)32)29-27(33)34-15-23-21-9-5-3-7-19(21)20-8-4-6-10-22(20)23/h3-12,16-18,23-24H,13-15H2,1-2H3,(H,28,30)(H,29,33)(H,31,32). The number of hydrogen-bond donors (Lipinski definition) is 3. The monoisotopic (exact) mass is 462 g/mol. The summed E-state index contributed by atoms with van der Waals surface area (Å²) < 4.78 is 5.60. The number of hydrogen-bond acceptors (Lipinski definition) is 4. The normalized spacial score (nSPS) is 19.4. The summed E-state index contributed by atoms with van der Waals surface area (Å²) >= 11 is 0. The second-order valence-corrected chi connectivity index (χ2v) is 9.33. The van der Waals surface area contributed by atoms with E-state index in [4.69, 9.17) is 9.84 Å². The number of alkyl carbamates (subject to hydrolysis) is 1. The number of carbonyl (C=O) groups excluding carboxylic acids is 2. The van der Waals surface area contributed by atoms with Gasteiger partial charge in [0, 0.05) is 12.0 Å². The molecular weight excluding hydrogens is 432 g/mol. The van der Waals surface area contributed by atoms with Crippen molar-refractivity contribution < 1.29 is 24.2 Å². The zero-order valence-electron chi connectivity index (χ0n) is 19.4. The maximum absolute atomic E-state index is 12.9. The molecule has 3 atom stereocenters. The molecule has 2 aliphatic rings. The zero-order chi connectivity index (χ0) is 24.2. The van der Waals surface area contributed by atoms with E-state index < -0.39 is 24.0 Å². The summed E-state index contributed by atoms with van der Waals surface area (Å²) in [7, 11) is 0. The molecule has 0 spiro atoms. The second-order valence-electron chi connectivity index (χ2n) is 9.33. The fraction of sp³-hybridized carbons (Fsp3) is 0.370. The number of rotatable bonds is 8. The van der Waals surface area contributed by atoms with Gasteiger partial charge in [0.15, 0.2) is 0 Å². The molecule has 3 N–H and O–H groups in total. The highest BCUT2D eigenvalue weighted by Gasteiger charge is 2.31. The maximum Gasteiger partial charge on any atom is 0.407 e. The van der Waals surface area contributed by atoms with Gasteiger partial charge in [-0.25, -0.2) is 4.79 Å². The summed E-state index contributed by atoms with van der Waals surface area (Å²) in [5.74, 6) is -1.77. The van der Waals surface area contributed by atoms with Crippen molar-refractivity contribution in [3.63, 3.8) is 0 Å². The Kier molecular flexibility index (Phi) is 7.01. The van der Waals surface area contributed by atoms with E-state index >= 15 is 0 Å². The van der Waals surface area contributed by atoms with Gasteiger partial charge in [0.05, 0.1) is 5.92 Å². The third-order valence-corrected chi connectivity index (χ3v) is 6.39. The third kappa shape index (κ3) is 5.14. The molecule has 0 saturated carbocycles. The number of carboxylic acids is 1. The second kappa shape index (κ2) is 10.1. The first-order chi connectivity index (χ1) is 16.3. The summed E-state index contributed by atoms with van der Waals surface area (Å²) in [6.45, 7) is 4.10. The summed E-state index contributed by atoms with van der Waals surface area (Å²) in [5, 5.41) is 14.7. The Bertz CT molecular complexity index is 1060. The number of amides is 2. The minimum atomic E-state index is -0.913. The van der Waals surface area contributed by atoms with Crippen molar-refractivity contribution in [1.29, 1.82) is 0 Å². The van der Waals surface area contributed by atoms with E-state index in [0.717, 1.165) is 22.3 Å². The van der Waals surface area contributed by atoms with Gasteiger partial charge in [0.2, 0.25) is 5.91 Å². The molecule has 0 fully saturated rings. The van der Waals surface area contributed by atoms with Crippen molar-refractivity contribution in [2.45, 2.75) is 44.7 Å². The molecule has 0 radical (unpaired) electrons. The topological polar surface area (TPSA) is 105 Å². The van der Waals surface area contributed by atoms with Crippen LogP contribution in [0, 0.1) is 11.8 Å². The summed E-state index contributed by atoms with van der Waals surface area (Å²) in [4.78, 5) is 36.7. The van der Waals surface area contributed by atoms with E-state index in [2.05, 4.69) is 34.9 Å². The van der Waals surface area contributed by atoms with Gasteiger partial charge in [0.1, 0.15) is 12.6 Å². The number of carboxylic acid groups (broad SMARTS) is 1. The molecule has 2 aliphatic carbocycles. The zero-order valence-corrected chi connectivity index (χ0v) is 19.4. The highest BCUT2D eigenvalue weighted by Crippen LogP contribution is 2.44. The molecule has 2 aromatic carbocycles. The lowest BCUT2D eigenvalue weighted by Gasteiger charge is -2.22. The number of fused-ring (bicyclic) bond motifs is 3.